The first-order valence-corrected chi connectivity index (χ1v) is 13.6. The number of thioether (sulfide) groups is 1. The van der Waals surface area contributed by atoms with Crippen molar-refractivity contribution >= 4 is 62.7 Å². The fraction of sp³-hybridized carbons (Fsp3) is 0.458. The molecule has 1 aliphatic heterocycles. The van der Waals surface area contributed by atoms with Crippen molar-refractivity contribution in [1.82, 2.24) is 15.1 Å². The number of carbonyl (C=O) groups excluding carboxylic acids is 2. The molecule has 2 aromatic rings. The topological polar surface area (TPSA) is 93.7 Å². The van der Waals surface area contributed by atoms with Gasteiger partial charge in [0.25, 0.3) is 5.91 Å². The maximum atomic E-state index is 12.9. The molecule has 1 aromatic carbocycles. The van der Waals surface area contributed by atoms with Crippen LogP contribution in [0, 0.1) is 0 Å². The van der Waals surface area contributed by atoms with Gasteiger partial charge in [-0.3, -0.25) is 14.5 Å². The van der Waals surface area contributed by atoms with Gasteiger partial charge in [-0.2, -0.15) is 0 Å². The Labute approximate surface area is 219 Å². The first-order valence-electron chi connectivity index (χ1n) is 11.5. The van der Waals surface area contributed by atoms with Crippen molar-refractivity contribution in [3.63, 3.8) is 0 Å². The van der Waals surface area contributed by atoms with Gasteiger partial charge in [-0.05, 0) is 43.0 Å². The Morgan fingerprint density at radius 3 is 2.69 bits per heavy atom. The third-order valence-corrected chi connectivity index (χ3v) is 7.60. The van der Waals surface area contributed by atoms with Crippen molar-refractivity contribution < 1.29 is 19.1 Å². The van der Waals surface area contributed by atoms with E-state index in [2.05, 4.69) is 22.4 Å². The minimum atomic E-state index is -0.0947. The van der Waals surface area contributed by atoms with Gasteiger partial charge in [0, 0.05) is 19.4 Å². The normalized spacial score (nSPS) is 14.6. The Morgan fingerprint density at radius 2 is 1.94 bits per heavy atom. The number of unbranched alkanes of at least 4 members (excludes halogenated alkanes) is 3. The first-order chi connectivity index (χ1) is 16.9. The van der Waals surface area contributed by atoms with Gasteiger partial charge in [-0.1, -0.05) is 61.1 Å². The largest absolute Gasteiger partial charge is 0.493 e. The van der Waals surface area contributed by atoms with Gasteiger partial charge in [0.05, 0.1) is 19.1 Å². The maximum Gasteiger partial charge on any atom is 0.266 e. The molecule has 1 fully saturated rings. The zero-order valence-corrected chi connectivity index (χ0v) is 22.6. The second-order valence-corrected chi connectivity index (χ2v) is 10.6. The lowest BCUT2D eigenvalue weighted by Gasteiger charge is -2.14. The second-order valence-electron chi connectivity index (χ2n) is 7.91. The molecule has 3 rings (SSSR count). The van der Waals surface area contributed by atoms with Crippen LogP contribution < -0.4 is 14.8 Å². The summed E-state index contributed by atoms with van der Waals surface area (Å²) in [6.45, 7) is 2.66. The first kappa shape index (κ1) is 27.1. The van der Waals surface area contributed by atoms with E-state index in [4.69, 9.17) is 21.7 Å². The van der Waals surface area contributed by atoms with Crippen LogP contribution in [0.3, 0.4) is 0 Å². The molecule has 0 saturated carbocycles. The summed E-state index contributed by atoms with van der Waals surface area (Å²) in [7, 11) is 3.16. The Kier molecular flexibility index (Phi) is 10.5. The van der Waals surface area contributed by atoms with E-state index in [-0.39, 0.29) is 11.8 Å². The highest BCUT2D eigenvalue weighted by Gasteiger charge is 2.31. The molecule has 1 aliphatic rings. The van der Waals surface area contributed by atoms with E-state index in [9.17, 15) is 9.59 Å². The van der Waals surface area contributed by atoms with Crippen molar-refractivity contribution in [3.8, 4) is 11.5 Å². The van der Waals surface area contributed by atoms with Crippen LogP contribution in [-0.4, -0.2) is 52.0 Å². The van der Waals surface area contributed by atoms with Gasteiger partial charge in [0.15, 0.2) is 11.5 Å². The zero-order valence-electron chi connectivity index (χ0n) is 20.2. The number of anilines is 1. The molecule has 0 unspecified atom stereocenters. The Balaban J connectivity index is 1.42. The quantitative estimate of drug-likeness (QED) is 0.210. The van der Waals surface area contributed by atoms with Gasteiger partial charge in [-0.25, -0.2) is 0 Å². The Bertz CT molecular complexity index is 1090. The van der Waals surface area contributed by atoms with Crippen LogP contribution in [0.25, 0.3) is 6.08 Å². The average molecular weight is 535 g/mol. The molecule has 1 saturated heterocycles. The number of aryl methyl sites for hydroxylation is 1. The van der Waals surface area contributed by atoms with Crippen LogP contribution in [-0.2, 0) is 16.0 Å². The molecule has 0 atom stereocenters. The van der Waals surface area contributed by atoms with E-state index < -0.39 is 0 Å². The molecule has 1 aromatic heterocycles. The molecule has 0 aliphatic carbocycles. The number of hydrogen-bond acceptors (Lipinski definition) is 9. The number of benzene rings is 1. The SMILES string of the molecule is CCCCc1nnc(NC(=O)CCCCCN2C(=O)C(=Cc3ccc(OC)c(OC)c3)SC2=S)s1. The van der Waals surface area contributed by atoms with Crippen molar-refractivity contribution in [3.05, 3.63) is 33.7 Å². The molecular formula is C24H30N4O4S3. The molecule has 0 bridgehead atoms. The summed E-state index contributed by atoms with van der Waals surface area (Å²) in [5.41, 5.74) is 0.835. The fourth-order valence-electron chi connectivity index (χ4n) is 3.43. The summed E-state index contributed by atoms with van der Waals surface area (Å²) in [6, 6.07) is 5.49. The number of rotatable bonds is 13. The van der Waals surface area contributed by atoms with Crippen LogP contribution in [0.4, 0.5) is 5.13 Å². The van der Waals surface area contributed by atoms with Crippen LogP contribution in [0.15, 0.2) is 23.1 Å². The lowest BCUT2D eigenvalue weighted by molar-refractivity contribution is -0.122. The third kappa shape index (κ3) is 7.74. The number of thiocarbonyl (C=S) groups is 1. The summed E-state index contributed by atoms with van der Waals surface area (Å²) in [4.78, 5) is 27.2. The van der Waals surface area contributed by atoms with E-state index in [1.807, 2.05) is 18.2 Å². The highest BCUT2D eigenvalue weighted by atomic mass is 32.2. The molecule has 0 radical (unpaired) electrons. The van der Waals surface area contributed by atoms with Gasteiger partial charge in [0.1, 0.15) is 9.33 Å². The summed E-state index contributed by atoms with van der Waals surface area (Å²) >= 11 is 8.16. The Morgan fingerprint density at radius 1 is 1.14 bits per heavy atom. The number of nitrogens with zero attached hydrogens (tertiary/aromatic N) is 3. The predicted molar refractivity (Wildman–Crippen MR) is 145 cm³/mol. The highest BCUT2D eigenvalue weighted by molar-refractivity contribution is 8.26. The molecule has 2 heterocycles. The lowest BCUT2D eigenvalue weighted by Crippen LogP contribution is -2.29. The van der Waals surface area contributed by atoms with Gasteiger partial charge in [0.2, 0.25) is 11.0 Å². The number of hydrogen-bond donors (Lipinski definition) is 1. The van der Waals surface area contributed by atoms with E-state index in [1.54, 1.807) is 25.2 Å². The second kappa shape index (κ2) is 13.6. The van der Waals surface area contributed by atoms with E-state index in [1.165, 1.54) is 23.1 Å². The lowest BCUT2D eigenvalue weighted by atomic mass is 10.1. The van der Waals surface area contributed by atoms with Crippen molar-refractivity contribution in [2.75, 3.05) is 26.1 Å². The van der Waals surface area contributed by atoms with Gasteiger partial charge >= 0.3 is 0 Å². The van der Waals surface area contributed by atoms with Gasteiger partial charge in [-0.15, -0.1) is 10.2 Å². The van der Waals surface area contributed by atoms with E-state index >= 15 is 0 Å². The van der Waals surface area contributed by atoms with Crippen molar-refractivity contribution in [1.29, 1.82) is 0 Å². The molecule has 188 valence electrons. The van der Waals surface area contributed by atoms with E-state index in [0.29, 0.717) is 38.8 Å². The number of carbonyl (C=O) groups is 2. The molecular weight excluding hydrogens is 504 g/mol. The number of ether oxygens (including phenoxy) is 2. The monoisotopic (exact) mass is 534 g/mol. The Hall–Kier alpha value is -2.50. The molecule has 1 N–H and O–H groups in total. The summed E-state index contributed by atoms with van der Waals surface area (Å²) < 4.78 is 11.1. The molecule has 2 amide bonds. The van der Waals surface area contributed by atoms with Crippen LogP contribution in [0.2, 0.25) is 0 Å². The van der Waals surface area contributed by atoms with Crippen LogP contribution in [0.5, 0.6) is 11.5 Å². The summed E-state index contributed by atoms with van der Waals surface area (Å²) in [5, 5.41) is 12.5. The van der Waals surface area contributed by atoms with Crippen LogP contribution in [0.1, 0.15) is 56.0 Å². The third-order valence-electron chi connectivity index (χ3n) is 5.32. The van der Waals surface area contributed by atoms with Crippen LogP contribution >= 0.6 is 35.3 Å². The predicted octanol–water partition coefficient (Wildman–Crippen LogP) is 5.30. The fourth-order valence-corrected chi connectivity index (χ4v) is 5.54. The molecule has 0 spiro atoms. The molecule has 8 nitrogen and oxygen atoms in total. The minimum Gasteiger partial charge on any atom is -0.493 e. The number of nitrogens with one attached hydrogen (secondary N) is 1. The van der Waals surface area contributed by atoms with Gasteiger partial charge < -0.3 is 14.8 Å². The summed E-state index contributed by atoms with van der Waals surface area (Å²) in [6.07, 6.45) is 7.59. The maximum absolute atomic E-state index is 12.9. The van der Waals surface area contributed by atoms with E-state index in [0.717, 1.165) is 49.1 Å². The number of aromatic nitrogens is 2. The standard InChI is InChI=1S/C24H30N4O4S3/c1-4-5-10-21-26-27-23(35-21)25-20(29)9-7-6-8-13-28-22(30)19(34-24(28)33)15-16-11-12-17(31-2)18(14-16)32-3/h11-12,14-15H,4-10,13H2,1-3H3,(H,25,27,29). The number of methoxy groups -OCH3 is 2. The highest BCUT2D eigenvalue weighted by Crippen LogP contribution is 2.34. The molecule has 35 heavy (non-hydrogen) atoms. The number of amides is 2. The van der Waals surface area contributed by atoms with Crippen molar-refractivity contribution in [2.45, 2.75) is 51.9 Å². The molecule has 11 heteroatoms. The smallest absolute Gasteiger partial charge is 0.266 e. The zero-order chi connectivity index (χ0) is 25.2. The summed E-state index contributed by atoms with van der Waals surface area (Å²) in [5.74, 6) is 1.07. The van der Waals surface area contributed by atoms with Crippen molar-refractivity contribution in [2.24, 2.45) is 0 Å². The minimum absolute atomic E-state index is 0.0633. The average Bonchev–Trinajstić information content (AvgIpc) is 3.40.